The lowest BCUT2D eigenvalue weighted by molar-refractivity contribution is 0.102. The molecule has 1 aromatic carbocycles. The lowest BCUT2D eigenvalue weighted by atomic mass is 10.2. The van der Waals surface area contributed by atoms with Crippen LogP contribution < -0.4 is 10.6 Å². The number of carbonyl (C=O) groups is 1. The van der Waals surface area contributed by atoms with Crippen LogP contribution in [-0.2, 0) is 0 Å². The van der Waals surface area contributed by atoms with Crippen molar-refractivity contribution in [1.29, 1.82) is 5.26 Å². The molecule has 0 aliphatic heterocycles. The number of hydrogen-bond donors (Lipinski definition) is 2. The van der Waals surface area contributed by atoms with Crippen molar-refractivity contribution in [1.82, 2.24) is 15.1 Å². The number of nitrogens with zero attached hydrogens (tertiary/aromatic N) is 4. The molecule has 2 N–H and O–H groups in total. The van der Waals surface area contributed by atoms with Crippen molar-refractivity contribution in [2.75, 3.05) is 10.6 Å². The Morgan fingerprint density at radius 2 is 1.96 bits per heavy atom. The third-order valence-electron chi connectivity index (χ3n) is 3.25. The summed E-state index contributed by atoms with van der Waals surface area (Å²) in [6.07, 6.45) is 0. The molecule has 0 atom stereocenters. The van der Waals surface area contributed by atoms with Crippen molar-refractivity contribution in [3.63, 3.8) is 0 Å². The highest BCUT2D eigenvalue weighted by atomic mass is 16.5. The third-order valence-corrected chi connectivity index (χ3v) is 3.25. The zero-order valence-electron chi connectivity index (χ0n) is 13.6. The summed E-state index contributed by atoms with van der Waals surface area (Å²) in [5.74, 6) is 1.29. The number of hydrogen-bond acceptors (Lipinski definition) is 7. The van der Waals surface area contributed by atoms with Gasteiger partial charge in [0.15, 0.2) is 5.82 Å². The summed E-state index contributed by atoms with van der Waals surface area (Å²) in [6, 6.07) is 12.2. The standard InChI is InChI=1S/C17H14N6O2/c1-10-7-16(23-25-10)22-17(24)14-8-15(20-11(2)19-14)21-13-6-4-3-5-12(13)9-18/h3-8H,1-2H3,(H,19,20,21)(H,22,23,24). The Morgan fingerprint density at radius 1 is 1.16 bits per heavy atom. The first-order valence-corrected chi connectivity index (χ1v) is 7.41. The van der Waals surface area contributed by atoms with Gasteiger partial charge in [-0.2, -0.15) is 5.26 Å². The van der Waals surface area contributed by atoms with E-state index in [-0.39, 0.29) is 5.69 Å². The molecular formula is C17H14N6O2. The number of anilines is 3. The Bertz CT molecular complexity index is 973. The molecule has 0 radical (unpaired) electrons. The molecule has 0 fully saturated rings. The molecule has 8 heteroatoms. The number of nitrogens with one attached hydrogen (secondary N) is 2. The van der Waals surface area contributed by atoms with Gasteiger partial charge in [-0.15, -0.1) is 0 Å². The first-order valence-electron chi connectivity index (χ1n) is 7.41. The highest BCUT2D eigenvalue weighted by molar-refractivity contribution is 6.02. The van der Waals surface area contributed by atoms with Gasteiger partial charge in [-0.25, -0.2) is 9.97 Å². The smallest absolute Gasteiger partial charge is 0.275 e. The van der Waals surface area contributed by atoms with E-state index in [0.717, 1.165) is 0 Å². The Hall–Kier alpha value is -3.73. The minimum atomic E-state index is -0.435. The van der Waals surface area contributed by atoms with Gasteiger partial charge in [-0.05, 0) is 26.0 Å². The number of nitriles is 1. The molecule has 3 aromatic rings. The van der Waals surface area contributed by atoms with Crippen molar-refractivity contribution < 1.29 is 9.32 Å². The van der Waals surface area contributed by atoms with Crippen LogP contribution in [0.4, 0.5) is 17.3 Å². The summed E-state index contributed by atoms with van der Waals surface area (Å²) in [4.78, 5) is 20.7. The number of amides is 1. The van der Waals surface area contributed by atoms with Crippen LogP contribution in [0.15, 0.2) is 40.9 Å². The van der Waals surface area contributed by atoms with Gasteiger partial charge in [-0.1, -0.05) is 17.3 Å². The molecule has 0 aliphatic carbocycles. The molecule has 0 saturated heterocycles. The van der Waals surface area contributed by atoms with Crippen LogP contribution in [0.1, 0.15) is 27.6 Å². The molecule has 3 rings (SSSR count). The average Bonchev–Trinajstić information content (AvgIpc) is 2.99. The van der Waals surface area contributed by atoms with Gasteiger partial charge in [0, 0.05) is 12.1 Å². The normalized spacial score (nSPS) is 10.1. The number of benzene rings is 1. The molecule has 0 unspecified atom stereocenters. The van der Waals surface area contributed by atoms with E-state index < -0.39 is 5.91 Å². The van der Waals surface area contributed by atoms with Gasteiger partial charge in [0.25, 0.3) is 5.91 Å². The SMILES string of the molecule is Cc1nc(Nc2ccccc2C#N)cc(C(=O)Nc2cc(C)on2)n1. The van der Waals surface area contributed by atoms with Crippen molar-refractivity contribution in [3.05, 3.63) is 59.2 Å². The average molecular weight is 334 g/mol. The first-order chi connectivity index (χ1) is 12.0. The first kappa shape index (κ1) is 16.1. The lowest BCUT2D eigenvalue weighted by Crippen LogP contribution is -2.15. The van der Waals surface area contributed by atoms with Crippen molar-refractivity contribution >= 4 is 23.2 Å². The highest BCUT2D eigenvalue weighted by Gasteiger charge is 2.13. The van der Waals surface area contributed by atoms with Crippen LogP contribution in [0.2, 0.25) is 0 Å². The molecule has 0 bridgehead atoms. The maximum atomic E-state index is 12.3. The second-order valence-electron chi connectivity index (χ2n) is 5.24. The number of rotatable bonds is 4. The van der Waals surface area contributed by atoms with Crippen LogP contribution in [0.25, 0.3) is 0 Å². The Labute approximate surface area is 143 Å². The highest BCUT2D eigenvalue weighted by Crippen LogP contribution is 2.20. The molecule has 25 heavy (non-hydrogen) atoms. The van der Waals surface area contributed by atoms with Crippen LogP contribution in [-0.4, -0.2) is 21.0 Å². The fourth-order valence-electron chi connectivity index (χ4n) is 2.18. The van der Waals surface area contributed by atoms with E-state index in [1.165, 1.54) is 6.07 Å². The van der Waals surface area contributed by atoms with Gasteiger partial charge in [-0.3, -0.25) is 4.79 Å². The van der Waals surface area contributed by atoms with Crippen molar-refractivity contribution in [3.8, 4) is 6.07 Å². The van der Waals surface area contributed by atoms with Gasteiger partial charge >= 0.3 is 0 Å². The van der Waals surface area contributed by atoms with E-state index in [0.29, 0.717) is 34.5 Å². The summed E-state index contributed by atoms with van der Waals surface area (Å²) in [6.45, 7) is 3.41. The quantitative estimate of drug-likeness (QED) is 0.753. The Kier molecular flexibility index (Phi) is 4.39. The molecule has 8 nitrogen and oxygen atoms in total. The monoisotopic (exact) mass is 334 g/mol. The predicted molar refractivity (Wildman–Crippen MR) is 90.4 cm³/mol. The predicted octanol–water partition coefficient (Wildman–Crippen LogP) is 2.95. The van der Waals surface area contributed by atoms with Crippen LogP contribution in [0, 0.1) is 25.2 Å². The summed E-state index contributed by atoms with van der Waals surface area (Å²) in [5.41, 5.74) is 1.24. The topological polar surface area (TPSA) is 117 Å². The zero-order chi connectivity index (χ0) is 17.8. The maximum absolute atomic E-state index is 12.3. The number of carbonyl (C=O) groups excluding carboxylic acids is 1. The summed E-state index contributed by atoms with van der Waals surface area (Å²) < 4.78 is 4.91. The molecule has 2 aromatic heterocycles. The van der Waals surface area contributed by atoms with Crippen molar-refractivity contribution in [2.45, 2.75) is 13.8 Å². The van der Waals surface area contributed by atoms with Gasteiger partial charge < -0.3 is 15.2 Å². The number of para-hydroxylation sites is 1. The minimum absolute atomic E-state index is 0.171. The largest absolute Gasteiger partial charge is 0.360 e. The molecule has 0 spiro atoms. The van der Waals surface area contributed by atoms with E-state index in [1.807, 2.05) is 0 Å². The lowest BCUT2D eigenvalue weighted by Gasteiger charge is -2.09. The molecule has 0 saturated carbocycles. The van der Waals surface area contributed by atoms with Crippen LogP contribution >= 0.6 is 0 Å². The minimum Gasteiger partial charge on any atom is -0.360 e. The van der Waals surface area contributed by atoms with E-state index in [4.69, 9.17) is 9.78 Å². The number of aryl methyl sites for hydroxylation is 2. The van der Waals surface area contributed by atoms with E-state index in [9.17, 15) is 4.79 Å². The zero-order valence-corrected chi connectivity index (χ0v) is 13.6. The second kappa shape index (κ2) is 6.80. The third kappa shape index (κ3) is 3.79. The van der Waals surface area contributed by atoms with Crippen LogP contribution in [0.5, 0.6) is 0 Å². The molecule has 124 valence electrons. The molecule has 2 heterocycles. The molecular weight excluding hydrogens is 320 g/mol. The van der Waals surface area contributed by atoms with E-state index in [2.05, 4.69) is 31.8 Å². The second-order valence-corrected chi connectivity index (χ2v) is 5.24. The van der Waals surface area contributed by atoms with E-state index in [1.54, 1.807) is 44.2 Å². The summed E-state index contributed by atoms with van der Waals surface area (Å²) in [5, 5.41) is 18.5. The summed E-state index contributed by atoms with van der Waals surface area (Å²) >= 11 is 0. The summed E-state index contributed by atoms with van der Waals surface area (Å²) in [7, 11) is 0. The Balaban J connectivity index is 1.85. The van der Waals surface area contributed by atoms with Crippen LogP contribution in [0.3, 0.4) is 0 Å². The van der Waals surface area contributed by atoms with E-state index >= 15 is 0 Å². The van der Waals surface area contributed by atoms with Crippen molar-refractivity contribution in [2.24, 2.45) is 0 Å². The van der Waals surface area contributed by atoms with Gasteiger partial charge in [0.1, 0.15) is 29.2 Å². The fraction of sp³-hybridized carbons (Fsp3) is 0.118. The Morgan fingerprint density at radius 3 is 2.68 bits per heavy atom. The molecule has 1 amide bonds. The fourth-order valence-corrected chi connectivity index (χ4v) is 2.18. The number of aromatic nitrogens is 3. The maximum Gasteiger partial charge on any atom is 0.275 e. The van der Waals surface area contributed by atoms with Gasteiger partial charge in [0.05, 0.1) is 11.3 Å². The molecule has 0 aliphatic rings. The van der Waals surface area contributed by atoms with Gasteiger partial charge in [0.2, 0.25) is 0 Å².